The number of rotatable bonds is 6. The van der Waals surface area contributed by atoms with E-state index in [1.54, 1.807) is 48.5 Å². The average molecular weight is 414 g/mol. The Kier molecular flexibility index (Phi) is 6.34. The van der Waals surface area contributed by atoms with Crippen molar-refractivity contribution in [3.05, 3.63) is 93.5 Å². The van der Waals surface area contributed by atoms with Gasteiger partial charge in [0.15, 0.2) is 5.78 Å². The molecule has 0 heterocycles. The van der Waals surface area contributed by atoms with Crippen molar-refractivity contribution in [3.8, 4) is 5.75 Å². The molecule has 1 N–H and O–H groups in total. The van der Waals surface area contributed by atoms with Gasteiger partial charge in [-0.05, 0) is 43.3 Å². The van der Waals surface area contributed by atoms with E-state index < -0.39 is 5.91 Å². The molecule has 0 unspecified atom stereocenters. The highest BCUT2D eigenvalue weighted by atomic mass is 35.5. The summed E-state index contributed by atoms with van der Waals surface area (Å²) < 4.78 is 5.38. The Hall–Kier alpha value is -2.82. The van der Waals surface area contributed by atoms with Crippen molar-refractivity contribution in [2.75, 3.05) is 11.9 Å². The van der Waals surface area contributed by atoms with Crippen LogP contribution in [0.4, 0.5) is 5.69 Å². The lowest BCUT2D eigenvalue weighted by Gasteiger charge is -2.12. The van der Waals surface area contributed by atoms with Gasteiger partial charge in [-0.15, -0.1) is 0 Å². The third kappa shape index (κ3) is 4.53. The van der Waals surface area contributed by atoms with Crippen molar-refractivity contribution in [1.29, 1.82) is 0 Å². The number of anilines is 1. The van der Waals surface area contributed by atoms with E-state index in [0.717, 1.165) is 0 Å². The summed E-state index contributed by atoms with van der Waals surface area (Å²) in [7, 11) is 0. The standard InChI is InChI=1S/C22H17Cl2NO3/c1-2-28-20-11-8-15(12-18(20)24)22(27)25-19-10-9-16(23)13-17(19)21(26)14-6-4-3-5-7-14/h3-13H,2H2,1H3,(H,25,27). The van der Waals surface area contributed by atoms with Crippen LogP contribution in [0, 0.1) is 0 Å². The molecule has 28 heavy (non-hydrogen) atoms. The molecule has 3 rings (SSSR count). The van der Waals surface area contributed by atoms with Gasteiger partial charge in [-0.2, -0.15) is 0 Å². The van der Waals surface area contributed by atoms with E-state index in [1.807, 2.05) is 13.0 Å². The highest BCUT2D eigenvalue weighted by molar-refractivity contribution is 6.32. The molecule has 1 amide bonds. The Morgan fingerprint density at radius 3 is 2.36 bits per heavy atom. The molecule has 0 saturated heterocycles. The fraction of sp³-hybridized carbons (Fsp3) is 0.0909. The summed E-state index contributed by atoms with van der Waals surface area (Å²) in [5.74, 6) is -0.121. The SMILES string of the molecule is CCOc1ccc(C(=O)Nc2ccc(Cl)cc2C(=O)c2ccccc2)cc1Cl. The normalized spacial score (nSPS) is 10.4. The number of nitrogens with one attached hydrogen (secondary N) is 1. The van der Waals surface area contributed by atoms with Crippen LogP contribution in [0.1, 0.15) is 33.2 Å². The van der Waals surface area contributed by atoms with Crippen molar-refractivity contribution in [2.24, 2.45) is 0 Å². The first kappa shape index (κ1) is 19.9. The number of ether oxygens (including phenoxy) is 1. The molecule has 0 radical (unpaired) electrons. The highest BCUT2D eigenvalue weighted by Gasteiger charge is 2.17. The second kappa shape index (κ2) is 8.91. The molecule has 142 valence electrons. The molecule has 0 atom stereocenters. The summed E-state index contributed by atoms with van der Waals surface area (Å²) in [5.41, 5.74) is 1.53. The first-order valence-electron chi connectivity index (χ1n) is 8.62. The summed E-state index contributed by atoms with van der Waals surface area (Å²) in [6.45, 7) is 2.32. The smallest absolute Gasteiger partial charge is 0.255 e. The van der Waals surface area contributed by atoms with Crippen LogP contribution in [0.2, 0.25) is 10.0 Å². The fourth-order valence-corrected chi connectivity index (χ4v) is 3.07. The van der Waals surface area contributed by atoms with Crippen LogP contribution < -0.4 is 10.1 Å². The first-order valence-corrected chi connectivity index (χ1v) is 9.38. The van der Waals surface area contributed by atoms with Gasteiger partial charge in [0.1, 0.15) is 5.75 Å². The molecular formula is C22H17Cl2NO3. The minimum absolute atomic E-state index is 0.233. The third-order valence-corrected chi connectivity index (χ3v) is 4.53. The summed E-state index contributed by atoms with van der Waals surface area (Å²) >= 11 is 12.2. The fourth-order valence-electron chi connectivity index (χ4n) is 2.67. The molecule has 0 saturated carbocycles. The lowest BCUT2D eigenvalue weighted by atomic mass is 10.0. The Morgan fingerprint density at radius 1 is 0.929 bits per heavy atom. The van der Waals surface area contributed by atoms with Gasteiger partial charge in [0.25, 0.3) is 5.91 Å². The molecule has 0 bridgehead atoms. The van der Waals surface area contributed by atoms with Crippen molar-refractivity contribution < 1.29 is 14.3 Å². The summed E-state index contributed by atoms with van der Waals surface area (Å²) in [4.78, 5) is 25.5. The van der Waals surface area contributed by atoms with Crippen molar-refractivity contribution in [2.45, 2.75) is 6.92 Å². The van der Waals surface area contributed by atoms with E-state index in [0.29, 0.717) is 44.8 Å². The number of carbonyl (C=O) groups excluding carboxylic acids is 2. The van der Waals surface area contributed by atoms with Gasteiger partial charge in [0, 0.05) is 21.7 Å². The zero-order chi connectivity index (χ0) is 20.1. The van der Waals surface area contributed by atoms with Crippen LogP contribution in [0.25, 0.3) is 0 Å². The van der Waals surface area contributed by atoms with Crippen LogP contribution >= 0.6 is 23.2 Å². The summed E-state index contributed by atoms with van der Waals surface area (Å²) in [6, 6.07) is 18.3. The van der Waals surface area contributed by atoms with Gasteiger partial charge >= 0.3 is 0 Å². The van der Waals surface area contributed by atoms with E-state index in [-0.39, 0.29) is 5.78 Å². The first-order chi connectivity index (χ1) is 13.5. The molecule has 0 fully saturated rings. The second-order valence-electron chi connectivity index (χ2n) is 5.92. The van der Waals surface area contributed by atoms with E-state index in [2.05, 4.69) is 5.32 Å². The molecule has 4 nitrogen and oxygen atoms in total. The molecule has 0 aromatic heterocycles. The average Bonchev–Trinajstić information content (AvgIpc) is 2.71. The van der Waals surface area contributed by atoms with Gasteiger partial charge < -0.3 is 10.1 Å². The number of amides is 1. The molecule has 0 spiro atoms. The van der Waals surface area contributed by atoms with Crippen LogP contribution in [0.15, 0.2) is 66.7 Å². The van der Waals surface area contributed by atoms with E-state index in [1.165, 1.54) is 12.1 Å². The quantitative estimate of drug-likeness (QED) is 0.513. The number of hydrogen-bond donors (Lipinski definition) is 1. The number of hydrogen-bond acceptors (Lipinski definition) is 3. The van der Waals surface area contributed by atoms with Crippen LogP contribution in [0.5, 0.6) is 5.75 Å². The minimum Gasteiger partial charge on any atom is -0.492 e. The third-order valence-electron chi connectivity index (χ3n) is 4.00. The Morgan fingerprint density at radius 2 is 1.68 bits per heavy atom. The topological polar surface area (TPSA) is 55.4 Å². The number of carbonyl (C=O) groups is 2. The lowest BCUT2D eigenvalue weighted by Crippen LogP contribution is -2.15. The maximum atomic E-state index is 12.9. The number of halogens is 2. The maximum Gasteiger partial charge on any atom is 0.255 e. The molecule has 0 aliphatic heterocycles. The Balaban J connectivity index is 1.89. The number of benzene rings is 3. The second-order valence-corrected chi connectivity index (χ2v) is 6.76. The summed E-state index contributed by atoms with van der Waals surface area (Å²) in [5, 5.41) is 3.51. The van der Waals surface area contributed by atoms with Crippen LogP contribution in [0.3, 0.4) is 0 Å². The number of ketones is 1. The molecule has 3 aromatic rings. The lowest BCUT2D eigenvalue weighted by molar-refractivity contribution is 0.102. The van der Waals surface area contributed by atoms with Gasteiger partial charge in [-0.1, -0.05) is 53.5 Å². The van der Waals surface area contributed by atoms with E-state index in [9.17, 15) is 9.59 Å². The zero-order valence-electron chi connectivity index (χ0n) is 15.0. The Labute approximate surface area is 173 Å². The molecule has 0 aliphatic rings. The van der Waals surface area contributed by atoms with E-state index in [4.69, 9.17) is 27.9 Å². The van der Waals surface area contributed by atoms with E-state index >= 15 is 0 Å². The highest BCUT2D eigenvalue weighted by Crippen LogP contribution is 2.27. The zero-order valence-corrected chi connectivity index (χ0v) is 16.6. The van der Waals surface area contributed by atoms with Gasteiger partial charge in [-0.3, -0.25) is 9.59 Å². The van der Waals surface area contributed by atoms with Crippen LogP contribution in [-0.2, 0) is 0 Å². The predicted molar refractivity (Wildman–Crippen MR) is 112 cm³/mol. The largest absolute Gasteiger partial charge is 0.492 e. The molecule has 6 heteroatoms. The van der Waals surface area contributed by atoms with Gasteiger partial charge in [0.2, 0.25) is 0 Å². The predicted octanol–water partition coefficient (Wildman–Crippen LogP) is 5.88. The molecule has 3 aromatic carbocycles. The van der Waals surface area contributed by atoms with Crippen molar-refractivity contribution in [1.82, 2.24) is 0 Å². The summed E-state index contributed by atoms with van der Waals surface area (Å²) in [6.07, 6.45) is 0. The maximum absolute atomic E-state index is 12.9. The molecule has 0 aliphatic carbocycles. The van der Waals surface area contributed by atoms with Gasteiger partial charge in [-0.25, -0.2) is 0 Å². The van der Waals surface area contributed by atoms with Crippen molar-refractivity contribution >= 4 is 40.6 Å². The monoisotopic (exact) mass is 413 g/mol. The minimum atomic E-state index is -0.394. The van der Waals surface area contributed by atoms with Gasteiger partial charge in [0.05, 0.1) is 17.3 Å². The Bertz CT molecular complexity index is 1020. The van der Waals surface area contributed by atoms with Crippen molar-refractivity contribution in [3.63, 3.8) is 0 Å². The van der Waals surface area contributed by atoms with Crippen LogP contribution in [-0.4, -0.2) is 18.3 Å². The molecular weight excluding hydrogens is 397 g/mol.